The fraction of sp³-hybridized carbons (Fsp3) is 0.500. The highest BCUT2D eigenvalue weighted by atomic mass is 16.6. The van der Waals surface area contributed by atoms with E-state index in [-0.39, 0.29) is 12.1 Å². The van der Waals surface area contributed by atoms with Crippen molar-refractivity contribution in [2.45, 2.75) is 12.1 Å². The van der Waals surface area contributed by atoms with Crippen molar-refractivity contribution < 1.29 is 14.2 Å². The van der Waals surface area contributed by atoms with Gasteiger partial charge in [-0.1, -0.05) is 12.1 Å². The van der Waals surface area contributed by atoms with Gasteiger partial charge in [0.25, 0.3) is 0 Å². The maximum Gasteiger partial charge on any atom is 0.119 e. The molecule has 88 valence electrons. The highest BCUT2D eigenvalue weighted by molar-refractivity contribution is 5.30. The van der Waals surface area contributed by atoms with Crippen LogP contribution in [0.2, 0.25) is 0 Å². The van der Waals surface area contributed by atoms with E-state index in [1.54, 1.807) is 7.11 Å². The smallest absolute Gasteiger partial charge is 0.119 e. The monoisotopic (exact) mass is 223 g/mol. The molecular formula is C12H17NO3. The van der Waals surface area contributed by atoms with E-state index in [9.17, 15) is 0 Å². The maximum atomic E-state index is 6.13. The van der Waals surface area contributed by atoms with Crippen molar-refractivity contribution in [3.8, 4) is 5.75 Å². The zero-order valence-electron chi connectivity index (χ0n) is 9.39. The van der Waals surface area contributed by atoms with Gasteiger partial charge in [0, 0.05) is 0 Å². The molecule has 4 heteroatoms. The molecule has 0 radical (unpaired) electrons. The van der Waals surface area contributed by atoms with Crippen LogP contribution in [0.25, 0.3) is 0 Å². The van der Waals surface area contributed by atoms with Crippen LogP contribution < -0.4 is 10.5 Å². The summed E-state index contributed by atoms with van der Waals surface area (Å²) in [4.78, 5) is 0. The van der Waals surface area contributed by atoms with Gasteiger partial charge in [0.2, 0.25) is 0 Å². The molecule has 1 aromatic carbocycles. The second-order valence-electron chi connectivity index (χ2n) is 3.79. The third-order valence-electron chi connectivity index (χ3n) is 2.72. The number of ether oxygens (including phenoxy) is 3. The van der Waals surface area contributed by atoms with Crippen molar-refractivity contribution in [1.29, 1.82) is 0 Å². The SMILES string of the molecule is COc1cccc(C(N)C2COCCO2)c1. The van der Waals surface area contributed by atoms with Crippen LogP contribution in [0.4, 0.5) is 0 Å². The predicted molar refractivity (Wildman–Crippen MR) is 60.5 cm³/mol. The van der Waals surface area contributed by atoms with Crippen molar-refractivity contribution in [3.63, 3.8) is 0 Å². The lowest BCUT2D eigenvalue weighted by Gasteiger charge is -2.28. The Morgan fingerprint density at radius 3 is 3.00 bits per heavy atom. The van der Waals surface area contributed by atoms with Crippen molar-refractivity contribution in [2.75, 3.05) is 26.9 Å². The summed E-state index contributed by atoms with van der Waals surface area (Å²) in [6.45, 7) is 1.82. The Bertz CT molecular complexity index is 337. The lowest BCUT2D eigenvalue weighted by Crippen LogP contribution is -2.37. The van der Waals surface area contributed by atoms with Crippen LogP contribution >= 0.6 is 0 Å². The van der Waals surface area contributed by atoms with Crippen molar-refractivity contribution in [3.05, 3.63) is 29.8 Å². The second kappa shape index (κ2) is 5.30. The molecule has 0 aromatic heterocycles. The van der Waals surface area contributed by atoms with Gasteiger partial charge in [0.1, 0.15) is 11.9 Å². The summed E-state index contributed by atoms with van der Waals surface area (Å²) in [6, 6.07) is 7.57. The Kier molecular flexibility index (Phi) is 3.77. The third-order valence-corrected chi connectivity index (χ3v) is 2.72. The highest BCUT2D eigenvalue weighted by Gasteiger charge is 2.23. The molecule has 2 unspecified atom stereocenters. The van der Waals surface area contributed by atoms with Gasteiger partial charge in [-0.15, -0.1) is 0 Å². The number of methoxy groups -OCH3 is 1. The minimum Gasteiger partial charge on any atom is -0.497 e. The Morgan fingerprint density at radius 1 is 1.44 bits per heavy atom. The summed E-state index contributed by atoms with van der Waals surface area (Å²) < 4.78 is 16.1. The summed E-state index contributed by atoms with van der Waals surface area (Å²) in [5.41, 5.74) is 7.14. The molecule has 1 aliphatic rings. The molecule has 4 nitrogen and oxygen atoms in total. The fourth-order valence-electron chi connectivity index (χ4n) is 1.78. The molecule has 0 bridgehead atoms. The standard InChI is InChI=1S/C12H17NO3/c1-14-10-4-2-3-9(7-10)12(13)11-8-15-5-6-16-11/h2-4,7,11-12H,5-6,8,13H2,1H3. The number of rotatable bonds is 3. The van der Waals surface area contributed by atoms with E-state index in [1.807, 2.05) is 24.3 Å². The molecule has 1 fully saturated rings. The molecule has 1 aliphatic heterocycles. The van der Waals surface area contributed by atoms with Crippen LogP contribution in [-0.4, -0.2) is 33.0 Å². The second-order valence-corrected chi connectivity index (χ2v) is 3.79. The fourth-order valence-corrected chi connectivity index (χ4v) is 1.78. The number of hydrogen-bond donors (Lipinski definition) is 1. The van der Waals surface area contributed by atoms with Gasteiger partial charge in [-0.2, -0.15) is 0 Å². The molecule has 0 amide bonds. The molecule has 0 aliphatic carbocycles. The van der Waals surface area contributed by atoms with Gasteiger partial charge in [-0.3, -0.25) is 0 Å². The first kappa shape index (κ1) is 11.4. The van der Waals surface area contributed by atoms with E-state index in [0.29, 0.717) is 19.8 Å². The molecule has 1 heterocycles. The summed E-state index contributed by atoms with van der Waals surface area (Å²) in [5.74, 6) is 0.810. The van der Waals surface area contributed by atoms with E-state index in [2.05, 4.69) is 0 Å². The number of nitrogens with two attached hydrogens (primary N) is 1. The molecule has 2 rings (SSSR count). The first-order valence-corrected chi connectivity index (χ1v) is 5.40. The number of benzene rings is 1. The van der Waals surface area contributed by atoms with Gasteiger partial charge in [0.15, 0.2) is 0 Å². The Morgan fingerprint density at radius 2 is 2.31 bits per heavy atom. The molecule has 16 heavy (non-hydrogen) atoms. The van der Waals surface area contributed by atoms with Crippen molar-refractivity contribution in [1.82, 2.24) is 0 Å². The first-order chi connectivity index (χ1) is 7.81. The minimum atomic E-state index is -0.171. The maximum absolute atomic E-state index is 6.13. The molecule has 1 aromatic rings. The third kappa shape index (κ3) is 2.52. The van der Waals surface area contributed by atoms with Gasteiger partial charge in [-0.25, -0.2) is 0 Å². The quantitative estimate of drug-likeness (QED) is 0.834. The highest BCUT2D eigenvalue weighted by Crippen LogP contribution is 2.22. The average molecular weight is 223 g/mol. The average Bonchev–Trinajstić information content (AvgIpc) is 2.39. The zero-order chi connectivity index (χ0) is 11.4. The predicted octanol–water partition coefficient (Wildman–Crippen LogP) is 1.11. The van der Waals surface area contributed by atoms with Crippen LogP contribution in [0.15, 0.2) is 24.3 Å². The minimum absolute atomic E-state index is 0.0687. The van der Waals surface area contributed by atoms with E-state index >= 15 is 0 Å². The molecule has 0 spiro atoms. The zero-order valence-corrected chi connectivity index (χ0v) is 9.39. The molecule has 1 saturated heterocycles. The summed E-state index contributed by atoms with van der Waals surface area (Å²) >= 11 is 0. The molecule has 2 N–H and O–H groups in total. The van der Waals surface area contributed by atoms with E-state index in [4.69, 9.17) is 19.9 Å². The van der Waals surface area contributed by atoms with Gasteiger partial charge >= 0.3 is 0 Å². The lowest BCUT2D eigenvalue weighted by molar-refractivity contribution is -0.0975. The Balaban J connectivity index is 2.09. The Labute approximate surface area is 95.3 Å². The largest absolute Gasteiger partial charge is 0.497 e. The van der Waals surface area contributed by atoms with Gasteiger partial charge in [-0.05, 0) is 17.7 Å². The van der Waals surface area contributed by atoms with Crippen LogP contribution in [0.3, 0.4) is 0 Å². The van der Waals surface area contributed by atoms with E-state index < -0.39 is 0 Å². The summed E-state index contributed by atoms with van der Waals surface area (Å²) in [5, 5.41) is 0. The van der Waals surface area contributed by atoms with Gasteiger partial charge < -0.3 is 19.9 Å². The normalized spacial score (nSPS) is 22.8. The lowest BCUT2D eigenvalue weighted by atomic mass is 10.0. The van der Waals surface area contributed by atoms with Crippen LogP contribution in [0.1, 0.15) is 11.6 Å². The summed E-state index contributed by atoms with van der Waals surface area (Å²) in [7, 11) is 1.64. The number of hydrogen-bond acceptors (Lipinski definition) is 4. The van der Waals surface area contributed by atoms with E-state index in [0.717, 1.165) is 11.3 Å². The Hall–Kier alpha value is -1.10. The molecular weight excluding hydrogens is 206 g/mol. The van der Waals surface area contributed by atoms with Gasteiger partial charge in [0.05, 0.1) is 33.0 Å². The van der Waals surface area contributed by atoms with Crippen LogP contribution in [-0.2, 0) is 9.47 Å². The van der Waals surface area contributed by atoms with Crippen molar-refractivity contribution in [2.24, 2.45) is 5.73 Å². The topological polar surface area (TPSA) is 53.7 Å². The first-order valence-electron chi connectivity index (χ1n) is 5.40. The summed E-state index contributed by atoms with van der Waals surface area (Å²) in [6.07, 6.45) is -0.0687. The molecule has 2 atom stereocenters. The van der Waals surface area contributed by atoms with E-state index in [1.165, 1.54) is 0 Å². The van der Waals surface area contributed by atoms with Crippen molar-refractivity contribution >= 4 is 0 Å². The molecule has 0 saturated carbocycles. The van der Waals surface area contributed by atoms with Crippen LogP contribution in [0.5, 0.6) is 5.75 Å². The van der Waals surface area contributed by atoms with Crippen LogP contribution in [0, 0.1) is 0 Å².